The van der Waals surface area contributed by atoms with Gasteiger partial charge in [-0.2, -0.15) is 0 Å². The second-order valence-corrected chi connectivity index (χ2v) is 8.91. The third-order valence-corrected chi connectivity index (χ3v) is 5.99. The molecule has 0 amide bonds. The van der Waals surface area contributed by atoms with Crippen LogP contribution in [-0.4, -0.2) is 57.7 Å². The van der Waals surface area contributed by atoms with Gasteiger partial charge in [0, 0.05) is 36.7 Å². The Kier molecular flexibility index (Phi) is 6.48. The average molecular weight is 455 g/mol. The first kappa shape index (κ1) is 22.3. The standard InChI is InChI=1S/C24H27ClN4O3/c1-15-6-18(8-20(7-15)32-14-24(30)31)13-29-16(2)11-28(12-17(29)3)23-10-26-22-9-19(25)4-5-21(22)27-23/h4-10,16-17H,11-14H2,1-3H3,(H,30,31). The van der Waals surface area contributed by atoms with Crippen molar-refractivity contribution >= 4 is 34.4 Å². The van der Waals surface area contributed by atoms with Crippen LogP contribution in [0.15, 0.2) is 42.6 Å². The van der Waals surface area contributed by atoms with Gasteiger partial charge in [-0.3, -0.25) is 9.88 Å². The quantitative estimate of drug-likeness (QED) is 0.599. The second-order valence-electron chi connectivity index (χ2n) is 8.47. The number of fused-ring (bicyclic) bond motifs is 1. The zero-order chi connectivity index (χ0) is 22.8. The van der Waals surface area contributed by atoms with E-state index < -0.39 is 5.97 Å². The number of aromatic nitrogens is 2. The lowest BCUT2D eigenvalue weighted by Gasteiger charge is -2.45. The van der Waals surface area contributed by atoms with Crippen LogP contribution < -0.4 is 9.64 Å². The Morgan fingerprint density at radius 1 is 1.16 bits per heavy atom. The van der Waals surface area contributed by atoms with Crippen molar-refractivity contribution in [1.29, 1.82) is 0 Å². The van der Waals surface area contributed by atoms with Gasteiger partial charge in [-0.15, -0.1) is 0 Å². The third kappa shape index (κ3) is 5.11. The molecule has 1 aromatic heterocycles. The summed E-state index contributed by atoms with van der Waals surface area (Å²) >= 11 is 6.06. The van der Waals surface area contributed by atoms with Gasteiger partial charge in [0.2, 0.25) is 0 Å². The van der Waals surface area contributed by atoms with Gasteiger partial charge in [-0.1, -0.05) is 17.7 Å². The van der Waals surface area contributed by atoms with Crippen molar-refractivity contribution in [3.05, 3.63) is 58.7 Å². The monoisotopic (exact) mass is 454 g/mol. The number of carboxylic acids is 1. The minimum Gasteiger partial charge on any atom is -0.482 e. The second kappa shape index (κ2) is 9.30. The van der Waals surface area contributed by atoms with Crippen LogP contribution in [0.5, 0.6) is 5.75 Å². The van der Waals surface area contributed by atoms with Crippen LogP contribution >= 0.6 is 11.6 Å². The molecule has 8 heteroatoms. The molecular formula is C24H27ClN4O3. The molecule has 2 heterocycles. The minimum atomic E-state index is -0.980. The Hall–Kier alpha value is -2.90. The molecular weight excluding hydrogens is 428 g/mol. The summed E-state index contributed by atoms with van der Waals surface area (Å²) in [6.07, 6.45) is 1.82. The van der Waals surface area contributed by atoms with Crippen LogP contribution in [-0.2, 0) is 11.3 Å². The minimum absolute atomic E-state index is 0.297. The summed E-state index contributed by atoms with van der Waals surface area (Å²) < 4.78 is 5.40. The maximum atomic E-state index is 10.8. The van der Waals surface area contributed by atoms with Crippen molar-refractivity contribution < 1.29 is 14.6 Å². The number of rotatable bonds is 6. The number of aryl methyl sites for hydroxylation is 1. The summed E-state index contributed by atoms with van der Waals surface area (Å²) in [6.45, 7) is 8.53. The van der Waals surface area contributed by atoms with Crippen molar-refractivity contribution in [3.63, 3.8) is 0 Å². The smallest absolute Gasteiger partial charge is 0.341 e. The highest BCUT2D eigenvalue weighted by molar-refractivity contribution is 6.31. The van der Waals surface area contributed by atoms with Gasteiger partial charge in [0.05, 0.1) is 17.2 Å². The fourth-order valence-corrected chi connectivity index (χ4v) is 4.50. The maximum Gasteiger partial charge on any atom is 0.341 e. The van der Waals surface area contributed by atoms with Gasteiger partial charge >= 0.3 is 5.97 Å². The van der Waals surface area contributed by atoms with E-state index in [-0.39, 0.29) is 6.61 Å². The van der Waals surface area contributed by atoms with E-state index in [2.05, 4.69) is 34.7 Å². The average Bonchev–Trinajstić information content (AvgIpc) is 2.74. The highest BCUT2D eigenvalue weighted by Crippen LogP contribution is 2.26. The highest BCUT2D eigenvalue weighted by atomic mass is 35.5. The summed E-state index contributed by atoms with van der Waals surface area (Å²) in [5, 5.41) is 9.54. The highest BCUT2D eigenvalue weighted by Gasteiger charge is 2.30. The number of hydrogen-bond acceptors (Lipinski definition) is 6. The van der Waals surface area contributed by atoms with Crippen LogP contribution in [0.4, 0.5) is 5.82 Å². The molecule has 32 heavy (non-hydrogen) atoms. The molecule has 1 saturated heterocycles. The summed E-state index contributed by atoms with van der Waals surface area (Å²) in [4.78, 5) is 24.9. The van der Waals surface area contributed by atoms with E-state index in [1.54, 1.807) is 0 Å². The first-order valence-electron chi connectivity index (χ1n) is 10.7. The van der Waals surface area contributed by atoms with Crippen LogP contribution in [0.3, 0.4) is 0 Å². The molecule has 0 radical (unpaired) electrons. The zero-order valence-electron chi connectivity index (χ0n) is 18.5. The fraction of sp³-hybridized carbons (Fsp3) is 0.375. The molecule has 4 rings (SSSR count). The first-order valence-corrected chi connectivity index (χ1v) is 11.0. The van der Waals surface area contributed by atoms with Crippen molar-refractivity contribution in [3.8, 4) is 5.75 Å². The van der Waals surface area contributed by atoms with Crippen molar-refractivity contribution in [2.45, 2.75) is 39.4 Å². The largest absolute Gasteiger partial charge is 0.482 e. The molecule has 0 spiro atoms. The Morgan fingerprint density at radius 2 is 1.91 bits per heavy atom. The van der Waals surface area contributed by atoms with Crippen molar-refractivity contribution in [1.82, 2.24) is 14.9 Å². The van der Waals surface area contributed by atoms with Crippen LogP contribution in [0, 0.1) is 6.92 Å². The van der Waals surface area contributed by atoms with E-state index in [1.807, 2.05) is 43.5 Å². The molecule has 0 saturated carbocycles. The Labute approximate surface area is 192 Å². The van der Waals surface area contributed by atoms with Gasteiger partial charge in [-0.25, -0.2) is 9.78 Å². The molecule has 2 atom stereocenters. The molecule has 0 aliphatic carbocycles. The van der Waals surface area contributed by atoms with E-state index >= 15 is 0 Å². The first-order chi connectivity index (χ1) is 15.3. The number of carbonyl (C=O) groups is 1. The molecule has 1 N–H and O–H groups in total. The molecule has 168 valence electrons. The van der Waals surface area contributed by atoms with E-state index in [9.17, 15) is 4.79 Å². The number of carboxylic acid groups (broad SMARTS) is 1. The topological polar surface area (TPSA) is 78.8 Å². The van der Waals surface area contributed by atoms with E-state index in [0.29, 0.717) is 22.9 Å². The van der Waals surface area contributed by atoms with Crippen LogP contribution in [0.1, 0.15) is 25.0 Å². The molecule has 3 aromatic rings. The zero-order valence-corrected chi connectivity index (χ0v) is 19.2. The summed E-state index contributed by atoms with van der Waals surface area (Å²) in [5.41, 5.74) is 3.79. The number of hydrogen-bond donors (Lipinski definition) is 1. The van der Waals surface area contributed by atoms with E-state index in [1.165, 1.54) is 0 Å². The third-order valence-electron chi connectivity index (χ3n) is 5.76. The number of halogens is 1. The lowest BCUT2D eigenvalue weighted by molar-refractivity contribution is -0.139. The number of nitrogens with zero attached hydrogens (tertiary/aromatic N) is 4. The molecule has 1 aliphatic heterocycles. The molecule has 1 aliphatic rings. The SMILES string of the molecule is Cc1cc(CN2C(C)CN(c3cnc4cc(Cl)ccc4n3)CC2C)cc(OCC(=O)O)c1. The Morgan fingerprint density at radius 3 is 2.62 bits per heavy atom. The molecule has 7 nitrogen and oxygen atoms in total. The molecule has 0 bridgehead atoms. The van der Waals surface area contributed by atoms with Crippen LogP contribution in [0.25, 0.3) is 11.0 Å². The summed E-state index contributed by atoms with van der Waals surface area (Å²) in [7, 11) is 0. The Balaban J connectivity index is 1.47. The fourth-order valence-electron chi connectivity index (χ4n) is 4.34. The number of anilines is 1. The lowest BCUT2D eigenvalue weighted by Crippen LogP contribution is -2.56. The Bertz CT molecular complexity index is 1130. The molecule has 2 aromatic carbocycles. The number of aliphatic carboxylic acids is 1. The summed E-state index contributed by atoms with van der Waals surface area (Å²) in [5.74, 6) is 0.484. The number of piperazine rings is 1. The van der Waals surface area contributed by atoms with Gasteiger partial charge in [0.25, 0.3) is 0 Å². The van der Waals surface area contributed by atoms with Crippen molar-refractivity contribution in [2.24, 2.45) is 0 Å². The van der Waals surface area contributed by atoms with Crippen LogP contribution in [0.2, 0.25) is 5.02 Å². The van der Waals surface area contributed by atoms with Gasteiger partial charge in [-0.05, 0) is 62.2 Å². The number of ether oxygens (including phenoxy) is 1. The van der Waals surface area contributed by atoms with Gasteiger partial charge in [0.15, 0.2) is 6.61 Å². The van der Waals surface area contributed by atoms with Gasteiger partial charge in [0.1, 0.15) is 11.6 Å². The molecule has 2 unspecified atom stereocenters. The maximum absolute atomic E-state index is 10.8. The van der Waals surface area contributed by atoms with Gasteiger partial charge < -0.3 is 14.7 Å². The predicted octanol–water partition coefficient (Wildman–Crippen LogP) is 4.15. The van der Waals surface area contributed by atoms with E-state index in [0.717, 1.165) is 47.6 Å². The van der Waals surface area contributed by atoms with Crippen molar-refractivity contribution in [2.75, 3.05) is 24.6 Å². The lowest BCUT2D eigenvalue weighted by atomic mass is 10.0. The predicted molar refractivity (Wildman–Crippen MR) is 126 cm³/mol. The van der Waals surface area contributed by atoms with E-state index in [4.69, 9.17) is 26.4 Å². The number of benzene rings is 2. The normalized spacial score (nSPS) is 19.3. The molecule has 1 fully saturated rings. The summed E-state index contributed by atoms with van der Waals surface area (Å²) in [6, 6.07) is 12.1.